The van der Waals surface area contributed by atoms with Crippen molar-refractivity contribution in [2.45, 2.75) is 13.5 Å². The average molecular weight is 293 g/mol. The zero-order chi connectivity index (χ0) is 14.7. The van der Waals surface area contributed by atoms with Crippen LogP contribution >= 0.6 is 11.6 Å². The second kappa shape index (κ2) is 6.01. The third-order valence-electron chi connectivity index (χ3n) is 2.87. The van der Waals surface area contributed by atoms with E-state index in [1.807, 2.05) is 25.1 Å². The first kappa shape index (κ1) is 14.5. The Kier molecular flexibility index (Phi) is 4.35. The minimum absolute atomic E-state index is 0.118. The van der Waals surface area contributed by atoms with E-state index in [0.29, 0.717) is 17.1 Å². The second-order valence-corrected chi connectivity index (χ2v) is 5.17. The Bertz CT molecular complexity index is 620. The van der Waals surface area contributed by atoms with Gasteiger partial charge in [0.25, 0.3) is 5.91 Å². The third-order valence-corrected chi connectivity index (χ3v) is 3.20. The number of hydrogen-bond acceptors (Lipinski definition) is 3. The molecule has 0 spiro atoms. The molecule has 0 aliphatic rings. The van der Waals surface area contributed by atoms with Gasteiger partial charge in [0.05, 0.1) is 17.1 Å². The van der Waals surface area contributed by atoms with E-state index in [4.69, 9.17) is 16.0 Å². The number of rotatable bonds is 4. The maximum atomic E-state index is 12.0. The molecule has 0 fully saturated rings. The van der Waals surface area contributed by atoms with Crippen LogP contribution in [-0.2, 0) is 6.54 Å². The summed E-state index contributed by atoms with van der Waals surface area (Å²) in [6, 6.07) is 9.14. The van der Waals surface area contributed by atoms with Gasteiger partial charge < -0.3 is 14.6 Å². The Labute approximate surface area is 123 Å². The summed E-state index contributed by atoms with van der Waals surface area (Å²) >= 11 is 6.06. The number of anilines is 1. The molecule has 20 heavy (non-hydrogen) atoms. The lowest BCUT2D eigenvalue weighted by atomic mass is 10.1. The van der Waals surface area contributed by atoms with Gasteiger partial charge in [-0.25, -0.2) is 0 Å². The fourth-order valence-electron chi connectivity index (χ4n) is 1.81. The number of nitrogens with one attached hydrogen (secondary N) is 1. The van der Waals surface area contributed by atoms with Crippen LogP contribution in [0.2, 0.25) is 5.02 Å². The van der Waals surface area contributed by atoms with Gasteiger partial charge in [-0.05, 0) is 37.3 Å². The van der Waals surface area contributed by atoms with Crippen LogP contribution in [0, 0.1) is 6.92 Å². The van der Waals surface area contributed by atoms with E-state index >= 15 is 0 Å². The van der Waals surface area contributed by atoms with Gasteiger partial charge in [-0.15, -0.1) is 0 Å². The van der Waals surface area contributed by atoms with Gasteiger partial charge >= 0.3 is 0 Å². The van der Waals surface area contributed by atoms with Gasteiger partial charge in [0.15, 0.2) is 0 Å². The molecular formula is C15H17ClN2O2. The van der Waals surface area contributed by atoms with Crippen LogP contribution in [0.3, 0.4) is 0 Å². The van der Waals surface area contributed by atoms with Crippen molar-refractivity contribution in [1.29, 1.82) is 0 Å². The number of halogens is 1. The molecule has 106 valence electrons. The Balaban J connectivity index is 2.13. The largest absolute Gasteiger partial charge is 0.465 e. The molecule has 5 heteroatoms. The van der Waals surface area contributed by atoms with Gasteiger partial charge in [-0.2, -0.15) is 0 Å². The molecule has 0 radical (unpaired) electrons. The van der Waals surface area contributed by atoms with E-state index in [2.05, 4.69) is 5.32 Å². The first-order valence-electron chi connectivity index (χ1n) is 6.28. The third kappa shape index (κ3) is 3.33. The topological polar surface area (TPSA) is 45.5 Å². The molecule has 0 saturated carbocycles. The number of aryl methyl sites for hydroxylation is 1. The molecule has 0 atom stereocenters. The van der Waals surface area contributed by atoms with E-state index in [0.717, 1.165) is 17.2 Å². The van der Waals surface area contributed by atoms with Crippen LogP contribution in [0.1, 0.15) is 21.9 Å². The van der Waals surface area contributed by atoms with E-state index in [1.54, 1.807) is 26.2 Å². The SMILES string of the molecule is Cc1ccc(CNc2ccc(Cl)c(C(=O)N(C)C)c2)o1. The normalized spacial score (nSPS) is 10.4. The summed E-state index contributed by atoms with van der Waals surface area (Å²) < 4.78 is 5.48. The van der Waals surface area contributed by atoms with Crippen molar-refractivity contribution in [2.75, 3.05) is 19.4 Å². The zero-order valence-electron chi connectivity index (χ0n) is 11.7. The average Bonchev–Trinajstić information content (AvgIpc) is 2.82. The first-order valence-corrected chi connectivity index (χ1v) is 6.65. The fraction of sp³-hybridized carbons (Fsp3) is 0.267. The van der Waals surface area contributed by atoms with Gasteiger partial charge in [-0.1, -0.05) is 11.6 Å². The van der Waals surface area contributed by atoms with Gasteiger partial charge in [0, 0.05) is 19.8 Å². The van der Waals surface area contributed by atoms with Crippen molar-refractivity contribution >= 4 is 23.2 Å². The number of carbonyl (C=O) groups is 1. The highest BCUT2D eigenvalue weighted by Crippen LogP contribution is 2.22. The maximum absolute atomic E-state index is 12.0. The van der Waals surface area contributed by atoms with Crippen molar-refractivity contribution in [1.82, 2.24) is 4.90 Å². The van der Waals surface area contributed by atoms with Crippen molar-refractivity contribution < 1.29 is 9.21 Å². The highest BCUT2D eigenvalue weighted by molar-refractivity contribution is 6.34. The van der Waals surface area contributed by atoms with Crippen molar-refractivity contribution in [2.24, 2.45) is 0 Å². The molecule has 0 aliphatic heterocycles. The number of benzene rings is 1. The molecule has 0 aliphatic carbocycles. The smallest absolute Gasteiger partial charge is 0.254 e. The lowest BCUT2D eigenvalue weighted by Crippen LogP contribution is -2.22. The predicted molar refractivity (Wildman–Crippen MR) is 80.2 cm³/mol. The zero-order valence-corrected chi connectivity index (χ0v) is 12.5. The number of furan rings is 1. The van der Waals surface area contributed by atoms with Gasteiger partial charge in [0.1, 0.15) is 11.5 Å². The summed E-state index contributed by atoms with van der Waals surface area (Å²) in [5, 5.41) is 3.66. The molecule has 4 nitrogen and oxygen atoms in total. The molecule has 1 aromatic heterocycles. The van der Waals surface area contributed by atoms with Crippen molar-refractivity contribution in [3.8, 4) is 0 Å². The van der Waals surface area contributed by atoms with Gasteiger partial charge in [-0.3, -0.25) is 4.79 Å². The predicted octanol–water partition coefficient (Wildman–Crippen LogP) is 3.56. The summed E-state index contributed by atoms with van der Waals surface area (Å²) in [4.78, 5) is 13.5. The molecular weight excluding hydrogens is 276 g/mol. The number of hydrogen-bond donors (Lipinski definition) is 1. The molecule has 2 rings (SSSR count). The molecule has 0 bridgehead atoms. The molecule has 0 saturated heterocycles. The van der Waals surface area contributed by atoms with Crippen LogP contribution in [0.4, 0.5) is 5.69 Å². The van der Waals surface area contributed by atoms with E-state index in [-0.39, 0.29) is 5.91 Å². The Morgan fingerprint density at radius 3 is 2.65 bits per heavy atom. The quantitative estimate of drug-likeness (QED) is 0.937. The highest BCUT2D eigenvalue weighted by atomic mass is 35.5. The first-order chi connectivity index (χ1) is 9.47. The van der Waals surface area contributed by atoms with E-state index < -0.39 is 0 Å². The van der Waals surface area contributed by atoms with Crippen molar-refractivity contribution in [3.05, 3.63) is 52.4 Å². The van der Waals surface area contributed by atoms with Crippen LogP contribution in [0.25, 0.3) is 0 Å². The van der Waals surface area contributed by atoms with Crippen LogP contribution in [0.15, 0.2) is 34.7 Å². The molecule has 1 amide bonds. The van der Waals surface area contributed by atoms with Gasteiger partial charge in [0.2, 0.25) is 0 Å². The summed E-state index contributed by atoms with van der Waals surface area (Å²) in [6.07, 6.45) is 0. The Hall–Kier alpha value is -1.94. The van der Waals surface area contributed by atoms with Crippen LogP contribution in [0.5, 0.6) is 0 Å². The lowest BCUT2D eigenvalue weighted by molar-refractivity contribution is 0.0828. The summed E-state index contributed by atoms with van der Waals surface area (Å²) in [5.41, 5.74) is 1.31. The molecule has 1 heterocycles. The standard InChI is InChI=1S/C15H17ClN2O2/c1-10-4-6-12(20-10)9-17-11-5-7-14(16)13(8-11)15(19)18(2)3/h4-8,17H,9H2,1-3H3. The van der Waals surface area contributed by atoms with E-state index in [9.17, 15) is 4.79 Å². The lowest BCUT2D eigenvalue weighted by Gasteiger charge is -2.13. The fourth-order valence-corrected chi connectivity index (χ4v) is 2.01. The Morgan fingerprint density at radius 1 is 1.30 bits per heavy atom. The molecule has 0 unspecified atom stereocenters. The molecule has 1 aromatic carbocycles. The minimum atomic E-state index is -0.118. The number of amides is 1. The van der Waals surface area contributed by atoms with Crippen molar-refractivity contribution in [3.63, 3.8) is 0 Å². The number of carbonyl (C=O) groups excluding carboxylic acids is 1. The summed E-state index contributed by atoms with van der Waals surface area (Å²) in [5.74, 6) is 1.60. The molecule has 2 aromatic rings. The monoisotopic (exact) mass is 292 g/mol. The molecule has 1 N–H and O–H groups in total. The summed E-state index contributed by atoms with van der Waals surface area (Å²) in [6.45, 7) is 2.46. The minimum Gasteiger partial charge on any atom is -0.465 e. The maximum Gasteiger partial charge on any atom is 0.254 e. The Morgan fingerprint density at radius 2 is 2.05 bits per heavy atom. The number of nitrogens with zero attached hydrogens (tertiary/aromatic N) is 1. The van der Waals surface area contributed by atoms with E-state index in [1.165, 1.54) is 4.90 Å². The second-order valence-electron chi connectivity index (χ2n) is 4.76. The highest BCUT2D eigenvalue weighted by Gasteiger charge is 2.13. The van der Waals surface area contributed by atoms with Crippen LogP contribution in [-0.4, -0.2) is 24.9 Å². The van der Waals surface area contributed by atoms with Crippen LogP contribution < -0.4 is 5.32 Å². The summed E-state index contributed by atoms with van der Waals surface area (Å²) in [7, 11) is 3.40.